The van der Waals surface area contributed by atoms with E-state index in [1.807, 2.05) is 0 Å². The highest BCUT2D eigenvalue weighted by Gasteiger charge is 2.10. The van der Waals surface area contributed by atoms with Crippen LogP contribution in [0.1, 0.15) is 12.8 Å². The Morgan fingerprint density at radius 3 is 2.75 bits per heavy atom. The third-order valence-corrected chi connectivity index (χ3v) is 1.61. The van der Waals surface area contributed by atoms with Crippen molar-refractivity contribution in [1.29, 1.82) is 0 Å². The van der Waals surface area contributed by atoms with Gasteiger partial charge in [-0.2, -0.15) is 0 Å². The van der Waals surface area contributed by atoms with E-state index in [-0.39, 0.29) is 0 Å². The summed E-state index contributed by atoms with van der Waals surface area (Å²) in [4.78, 5) is 2.19. The smallest absolute Gasteiger partial charge is 0.0288 e. The van der Waals surface area contributed by atoms with Crippen LogP contribution in [0.5, 0.6) is 0 Å². The van der Waals surface area contributed by atoms with Gasteiger partial charge >= 0.3 is 0 Å². The number of rotatable bonds is 0. The highest BCUT2D eigenvalue weighted by molar-refractivity contribution is 5.01. The molecule has 0 radical (unpaired) electrons. The molecule has 1 heterocycles. The second-order valence-corrected chi connectivity index (χ2v) is 2.18. The van der Waals surface area contributed by atoms with Crippen LogP contribution in [0, 0.1) is 0 Å². The van der Waals surface area contributed by atoms with Gasteiger partial charge in [-0.05, 0) is 12.8 Å². The zero-order valence-electron chi connectivity index (χ0n) is 5.22. The van der Waals surface area contributed by atoms with Crippen LogP contribution in [-0.2, 0) is 0 Å². The fourth-order valence-corrected chi connectivity index (χ4v) is 1.04. The Balaban J connectivity index is 2.55. The molecule has 0 amide bonds. The molecule has 2 heteroatoms. The molecule has 46 valence electrons. The standard InChI is InChI=1S/C6H12N2/c1-8-4-2-3-6(8)5-7/h5H,2-4,7H2,1H3/b6-5+. The summed E-state index contributed by atoms with van der Waals surface area (Å²) in [6.45, 7) is 1.17. The lowest BCUT2D eigenvalue weighted by Gasteiger charge is -2.10. The van der Waals surface area contributed by atoms with E-state index in [9.17, 15) is 0 Å². The summed E-state index contributed by atoms with van der Waals surface area (Å²) >= 11 is 0. The SMILES string of the molecule is CN1CCC/C1=C\N. The average Bonchev–Trinajstić information content (AvgIpc) is 2.14. The predicted molar refractivity (Wildman–Crippen MR) is 34.1 cm³/mol. The summed E-state index contributed by atoms with van der Waals surface area (Å²) in [6.07, 6.45) is 4.12. The van der Waals surface area contributed by atoms with Crippen LogP contribution in [0.4, 0.5) is 0 Å². The van der Waals surface area contributed by atoms with Crippen LogP contribution in [0.2, 0.25) is 0 Å². The number of hydrogen-bond acceptors (Lipinski definition) is 2. The largest absolute Gasteiger partial charge is 0.403 e. The Bertz CT molecular complexity index is 107. The van der Waals surface area contributed by atoms with E-state index in [4.69, 9.17) is 5.73 Å². The molecule has 1 aliphatic rings. The first-order chi connectivity index (χ1) is 3.84. The number of hydrogen-bond donors (Lipinski definition) is 1. The Kier molecular flexibility index (Phi) is 1.42. The van der Waals surface area contributed by atoms with Gasteiger partial charge in [0.15, 0.2) is 0 Å². The number of nitrogens with zero attached hydrogens (tertiary/aromatic N) is 1. The zero-order valence-corrected chi connectivity index (χ0v) is 5.22. The normalized spacial score (nSPS) is 25.1. The van der Waals surface area contributed by atoms with Gasteiger partial charge in [-0.1, -0.05) is 0 Å². The minimum Gasteiger partial charge on any atom is -0.403 e. The predicted octanol–water partition coefficient (Wildman–Crippen LogP) is 0.512. The summed E-state index contributed by atoms with van der Waals surface area (Å²) in [5, 5.41) is 0. The van der Waals surface area contributed by atoms with E-state index in [1.54, 1.807) is 6.20 Å². The van der Waals surface area contributed by atoms with Crippen molar-refractivity contribution in [2.24, 2.45) is 5.73 Å². The molecule has 1 aliphatic heterocycles. The molecule has 1 rings (SSSR count). The second kappa shape index (κ2) is 2.07. The minimum absolute atomic E-state index is 1.16. The lowest BCUT2D eigenvalue weighted by molar-refractivity contribution is 0.480. The van der Waals surface area contributed by atoms with Crippen molar-refractivity contribution >= 4 is 0 Å². The lowest BCUT2D eigenvalue weighted by atomic mass is 10.3. The van der Waals surface area contributed by atoms with Crippen molar-refractivity contribution in [3.8, 4) is 0 Å². The van der Waals surface area contributed by atoms with Crippen LogP contribution in [0.3, 0.4) is 0 Å². The Hall–Kier alpha value is -0.660. The molecule has 0 aromatic rings. The van der Waals surface area contributed by atoms with Crippen molar-refractivity contribution in [1.82, 2.24) is 4.90 Å². The third-order valence-electron chi connectivity index (χ3n) is 1.61. The first-order valence-corrected chi connectivity index (χ1v) is 2.96. The van der Waals surface area contributed by atoms with Crippen molar-refractivity contribution in [3.05, 3.63) is 11.9 Å². The van der Waals surface area contributed by atoms with E-state index in [1.165, 1.54) is 18.7 Å². The highest BCUT2D eigenvalue weighted by Crippen LogP contribution is 2.16. The molecule has 0 aliphatic carbocycles. The topological polar surface area (TPSA) is 29.3 Å². The molecular weight excluding hydrogens is 100 g/mol. The van der Waals surface area contributed by atoms with Gasteiger partial charge in [0.25, 0.3) is 0 Å². The molecule has 0 saturated carbocycles. The van der Waals surface area contributed by atoms with Crippen LogP contribution >= 0.6 is 0 Å². The molecule has 1 fully saturated rings. The van der Waals surface area contributed by atoms with Crippen LogP contribution in [-0.4, -0.2) is 18.5 Å². The maximum Gasteiger partial charge on any atom is 0.0288 e. The van der Waals surface area contributed by atoms with Crippen molar-refractivity contribution in [2.45, 2.75) is 12.8 Å². The summed E-state index contributed by atoms with van der Waals surface area (Å²) in [6, 6.07) is 0. The van der Waals surface area contributed by atoms with Crippen LogP contribution in [0.25, 0.3) is 0 Å². The van der Waals surface area contributed by atoms with Crippen molar-refractivity contribution < 1.29 is 0 Å². The molecule has 0 spiro atoms. The Labute approximate surface area is 50.0 Å². The average molecular weight is 112 g/mol. The van der Waals surface area contributed by atoms with Crippen molar-refractivity contribution in [3.63, 3.8) is 0 Å². The Morgan fingerprint density at radius 2 is 2.50 bits per heavy atom. The molecular formula is C6H12N2. The molecule has 8 heavy (non-hydrogen) atoms. The van der Waals surface area contributed by atoms with Gasteiger partial charge in [-0.3, -0.25) is 0 Å². The summed E-state index contributed by atoms with van der Waals surface area (Å²) in [5.74, 6) is 0. The van der Waals surface area contributed by atoms with Gasteiger partial charge < -0.3 is 10.6 Å². The van der Waals surface area contributed by atoms with Crippen molar-refractivity contribution in [2.75, 3.05) is 13.6 Å². The number of nitrogens with two attached hydrogens (primary N) is 1. The molecule has 0 aromatic heterocycles. The fourth-order valence-electron chi connectivity index (χ4n) is 1.04. The summed E-state index contributed by atoms with van der Waals surface area (Å²) in [5.41, 5.74) is 6.60. The van der Waals surface area contributed by atoms with Gasteiger partial charge in [0.2, 0.25) is 0 Å². The van der Waals surface area contributed by atoms with E-state index < -0.39 is 0 Å². The molecule has 1 saturated heterocycles. The van der Waals surface area contributed by atoms with Gasteiger partial charge in [-0.25, -0.2) is 0 Å². The molecule has 0 bridgehead atoms. The fraction of sp³-hybridized carbons (Fsp3) is 0.667. The van der Waals surface area contributed by atoms with E-state index in [0.29, 0.717) is 0 Å². The number of likely N-dealkylation sites (tertiary alicyclic amines) is 1. The van der Waals surface area contributed by atoms with E-state index in [0.717, 1.165) is 6.42 Å². The molecule has 0 atom stereocenters. The van der Waals surface area contributed by atoms with Gasteiger partial charge in [0.05, 0.1) is 0 Å². The van der Waals surface area contributed by atoms with Gasteiger partial charge in [0.1, 0.15) is 0 Å². The molecule has 0 unspecified atom stereocenters. The quantitative estimate of drug-likeness (QED) is 0.494. The third kappa shape index (κ3) is 0.782. The Morgan fingerprint density at radius 1 is 1.75 bits per heavy atom. The molecule has 0 aromatic carbocycles. The number of allylic oxidation sites excluding steroid dienone is 1. The summed E-state index contributed by atoms with van der Waals surface area (Å²) < 4.78 is 0. The summed E-state index contributed by atoms with van der Waals surface area (Å²) in [7, 11) is 2.08. The van der Waals surface area contributed by atoms with Crippen LogP contribution in [0.15, 0.2) is 11.9 Å². The lowest BCUT2D eigenvalue weighted by Crippen LogP contribution is -2.10. The minimum atomic E-state index is 1.16. The van der Waals surface area contributed by atoms with Gasteiger partial charge in [-0.15, -0.1) is 0 Å². The molecule has 2 nitrogen and oxygen atoms in total. The maximum absolute atomic E-state index is 5.32. The van der Waals surface area contributed by atoms with E-state index in [2.05, 4.69) is 11.9 Å². The van der Waals surface area contributed by atoms with E-state index >= 15 is 0 Å². The first-order valence-electron chi connectivity index (χ1n) is 2.96. The second-order valence-electron chi connectivity index (χ2n) is 2.18. The zero-order chi connectivity index (χ0) is 5.98. The first kappa shape index (κ1) is 5.48. The van der Waals surface area contributed by atoms with Crippen LogP contribution < -0.4 is 5.73 Å². The monoisotopic (exact) mass is 112 g/mol. The highest BCUT2D eigenvalue weighted by atomic mass is 15.1. The maximum atomic E-state index is 5.32. The van der Waals surface area contributed by atoms with Gasteiger partial charge in [0, 0.05) is 25.5 Å². The molecule has 2 N–H and O–H groups in total.